The molecule has 2 N–H and O–H groups in total. The van der Waals surface area contributed by atoms with E-state index in [0.717, 1.165) is 5.56 Å². The van der Waals surface area contributed by atoms with E-state index in [9.17, 15) is 9.59 Å². The fourth-order valence-corrected chi connectivity index (χ4v) is 2.65. The Bertz CT molecular complexity index is 776. The average molecular weight is 279 g/mol. The number of carbonyl (C=O) groups excluding carboxylic acids is 2. The fourth-order valence-electron chi connectivity index (χ4n) is 2.65. The molecule has 21 heavy (non-hydrogen) atoms. The molecule has 0 aliphatic heterocycles. The molecule has 0 aromatic heterocycles. The Morgan fingerprint density at radius 1 is 1.05 bits per heavy atom. The smallest absolute Gasteiger partial charge is 0.253 e. The first-order valence-corrected chi connectivity index (χ1v) is 6.46. The number of Topliss-reactive ketones (excluding diaryl/α,β-unsaturated/α-hetero) is 1. The predicted octanol–water partition coefficient (Wildman–Crippen LogP) is 2.18. The Balaban J connectivity index is 2.38. The third kappa shape index (κ3) is 1.92. The van der Waals surface area contributed by atoms with Crippen molar-refractivity contribution in [2.45, 2.75) is 0 Å². The van der Waals surface area contributed by atoms with Crippen molar-refractivity contribution in [1.29, 1.82) is 0 Å². The number of ether oxygens (including phenoxy) is 1. The van der Waals surface area contributed by atoms with E-state index in [-0.39, 0.29) is 11.4 Å². The summed E-state index contributed by atoms with van der Waals surface area (Å²) in [7, 11) is 1.53. The SMILES string of the molecule is COc1cccc2c1C(c1ccccc1)=C(C(N)=O)C2=O. The molecule has 0 heterocycles. The standard InChI is InChI=1S/C17H13NO3/c1-21-12-9-5-8-11-14(12)13(10-6-3-2-4-7-10)15(16(11)19)17(18)20/h2-9H,1H3,(H2,18,20). The molecule has 0 atom stereocenters. The van der Waals surface area contributed by atoms with Gasteiger partial charge in [-0.05, 0) is 11.6 Å². The van der Waals surface area contributed by atoms with Gasteiger partial charge in [0.05, 0.1) is 12.7 Å². The summed E-state index contributed by atoms with van der Waals surface area (Å²) < 4.78 is 5.35. The lowest BCUT2D eigenvalue weighted by atomic mass is 9.96. The van der Waals surface area contributed by atoms with Crippen LogP contribution in [0.1, 0.15) is 21.5 Å². The van der Waals surface area contributed by atoms with Gasteiger partial charge in [-0.15, -0.1) is 0 Å². The molecule has 1 aliphatic rings. The first kappa shape index (κ1) is 13.1. The topological polar surface area (TPSA) is 69.4 Å². The number of primary amides is 1. The molecule has 104 valence electrons. The second kappa shape index (κ2) is 4.90. The largest absolute Gasteiger partial charge is 0.496 e. The number of methoxy groups -OCH3 is 1. The predicted molar refractivity (Wildman–Crippen MR) is 79.0 cm³/mol. The zero-order valence-electron chi connectivity index (χ0n) is 11.4. The van der Waals surface area contributed by atoms with E-state index >= 15 is 0 Å². The number of nitrogens with two attached hydrogens (primary N) is 1. The highest BCUT2D eigenvalue weighted by molar-refractivity contribution is 6.36. The van der Waals surface area contributed by atoms with Gasteiger partial charge >= 0.3 is 0 Å². The average Bonchev–Trinajstić information content (AvgIpc) is 2.81. The monoisotopic (exact) mass is 279 g/mol. The summed E-state index contributed by atoms with van der Waals surface area (Å²) >= 11 is 0. The number of amides is 1. The Labute approximate surface area is 121 Å². The Kier molecular flexibility index (Phi) is 3.06. The van der Waals surface area contributed by atoms with E-state index in [1.807, 2.05) is 30.3 Å². The van der Waals surface area contributed by atoms with Gasteiger partial charge in [-0.2, -0.15) is 0 Å². The van der Waals surface area contributed by atoms with Crippen molar-refractivity contribution in [1.82, 2.24) is 0 Å². The first-order valence-electron chi connectivity index (χ1n) is 6.46. The van der Waals surface area contributed by atoms with Crippen LogP contribution in [0.2, 0.25) is 0 Å². The van der Waals surface area contributed by atoms with Crippen molar-refractivity contribution < 1.29 is 14.3 Å². The maximum Gasteiger partial charge on any atom is 0.253 e. The lowest BCUT2D eigenvalue weighted by molar-refractivity contribution is -0.114. The summed E-state index contributed by atoms with van der Waals surface area (Å²) in [6.45, 7) is 0. The molecule has 0 fully saturated rings. The van der Waals surface area contributed by atoms with Gasteiger partial charge < -0.3 is 10.5 Å². The molecular weight excluding hydrogens is 266 g/mol. The zero-order valence-corrected chi connectivity index (χ0v) is 11.4. The lowest BCUT2D eigenvalue weighted by Gasteiger charge is -2.11. The molecule has 2 aromatic carbocycles. The zero-order chi connectivity index (χ0) is 15.0. The molecule has 4 heteroatoms. The molecule has 0 radical (unpaired) electrons. The van der Waals surface area contributed by atoms with E-state index < -0.39 is 5.91 Å². The van der Waals surface area contributed by atoms with E-state index in [1.165, 1.54) is 7.11 Å². The maximum absolute atomic E-state index is 12.5. The molecule has 0 spiro atoms. The molecular formula is C17H13NO3. The highest BCUT2D eigenvalue weighted by atomic mass is 16.5. The molecule has 0 saturated heterocycles. The Morgan fingerprint density at radius 3 is 2.38 bits per heavy atom. The number of benzene rings is 2. The number of fused-ring (bicyclic) bond motifs is 1. The fraction of sp³-hybridized carbons (Fsp3) is 0.0588. The maximum atomic E-state index is 12.5. The second-order valence-electron chi connectivity index (χ2n) is 4.69. The van der Waals surface area contributed by atoms with Crippen molar-refractivity contribution in [2.24, 2.45) is 5.73 Å². The summed E-state index contributed by atoms with van der Waals surface area (Å²) in [5, 5.41) is 0. The van der Waals surface area contributed by atoms with Gasteiger partial charge in [0.2, 0.25) is 0 Å². The Morgan fingerprint density at radius 2 is 1.76 bits per heavy atom. The summed E-state index contributed by atoms with van der Waals surface area (Å²) in [5.74, 6) is -0.525. The molecule has 0 saturated carbocycles. The molecule has 0 bridgehead atoms. The van der Waals surface area contributed by atoms with Crippen LogP contribution in [-0.4, -0.2) is 18.8 Å². The quantitative estimate of drug-likeness (QED) is 0.875. The summed E-state index contributed by atoms with van der Waals surface area (Å²) in [4.78, 5) is 24.2. The van der Waals surface area contributed by atoms with Crippen LogP contribution in [0.3, 0.4) is 0 Å². The van der Waals surface area contributed by atoms with Crippen molar-refractivity contribution in [2.75, 3.05) is 7.11 Å². The molecule has 1 amide bonds. The van der Waals surface area contributed by atoms with Crippen LogP contribution < -0.4 is 10.5 Å². The minimum Gasteiger partial charge on any atom is -0.496 e. The van der Waals surface area contributed by atoms with Crippen molar-refractivity contribution in [3.8, 4) is 5.75 Å². The second-order valence-corrected chi connectivity index (χ2v) is 4.69. The van der Waals surface area contributed by atoms with Gasteiger partial charge in [0, 0.05) is 16.7 Å². The van der Waals surface area contributed by atoms with Crippen molar-refractivity contribution >= 4 is 17.3 Å². The summed E-state index contributed by atoms with van der Waals surface area (Å²) in [6, 6.07) is 14.4. The van der Waals surface area contributed by atoms with Crippen molar-refractivity contribution in [3.63, 3.8) is 0 Å². The number of hydrogen-bond donors (Lipinski definition) is 1. The van der Waals surface area contributed by atoms with Crippen LogP contribution in [0.15, 0.2) is 54.1 Å². The van der Waals surface area contributed by atoms with E-state index in [2.05, 4.69) is 0 Å². The van der Waals surface area contributed by atoms with Gasteiger partial charge in [0.25, 0.3) is 5.91 Å². The lowest BCUT2D eigenvalue weighted by Crippen LogP contribution is -2.19. The van der Waals surface area contributed by atoms with E-state index in [0.29, 0.717) is 22.4 Å². The first-order chi connectivity index (χ1) is 10.1. The minimum atomic E-state index is -0.725. The number of hydrogen-bond acceptors (Lipinski definition) is 3. The number of ketones is 1. The van der Waals surface area contributed by atoms with E-state index in [4.69, 9.17) is 10.5 Å². The van der Waals surface area contributed by atoms with Crippen LogP contribution in [0, 0.1) is 0 Å². The van der Waals surface area contributed by atoms with Gasteiger partial charge in [0.15, 0.2) is 5.78 Å². The summed E-state index contributed by atoms with van der Waals surface area (Å²) in [6.07, 6.45) is 0. The minimum absolute atomic E-state index is 0.0145. The summed E-state index contributed by atoms with van der Waals surface area (Å²) in [5.41, 5.74) is 7.83. The molecule has 2 aromatic rings. The molecule has 0 unspecified atom stereocenters. The number of carbonyl (C=O) groups is 2. The van der Waals surface area contributed by atoms with Crippen LogP contribution in [0.25, 0.3) is 5.57 Å². The molecule has 4 nitrogen and oxygen atoms in total. The van der Waals surface area contributed by atoms with Gasteiger partial charge in [-0.3, -0.25) is 9.59 Å². The van der Waals surface area contributed by atoms with Gasteiger partial charge in [-0.1, -0.05) is 42.5 Å². The highest BCUT2D eigenvalue weighted by Crippen LogP contribution is 2.42. The highest BCUT2D eigenvalue weighted by Gasteiger charge is 2.35. The van der Waals surface area contributed by atoms with Crippen LogP contribution in [0.4, 0.5) is 0 Å². The van der Waals surface area contributed by atoms with Crippen LogP contribution in [0.5, 0.6) is 5.75 Å². The van der Waals surface area contributed by atoms with Gasteiger partial charge in [-0.25, -0.2) is 0 Å². The third-order valence-corrected chi connectivity index (χ3v) is 3.53. The van der Waals surface area contributed by atoms with Gasteiger partial charge in [0.1, 0.15) is 5.75 Å². The van der Waals surface area contributed by atoms with Crippen LogP contribution in [-0.2, 0) is 4.79 Å². The number of rotatable bonds is 3. The Hall–Kier alpha value is -2.88. The molecule has 3 rings (SSSR count). The van der Waals surface area contributed by atoms with Crippen molar-refractivity contribution in [3.05, 3.63) is 70.8 Å². The van der Waals surface area contributed by atoms with E-state index in [1.54, 1.807) is 18.2 Å². The molecule has 1 aliphatic carbocycles. The third-order valence-electron chi connectivity index (χ3n) is 3.53. The van der Waals surface area contributed by atoms with Crippen LogP contribution >= 0.6 is 0 Å². The normalized spacial score (nSPS) is 13.3.